The Morgan fingerprint density at radius 1 is 0.609 bits per heavy atom. The normalized spacial score (nSPS) is 14.8. The highest BCUT2D eigenvalue weighted by Crippen LogP contribution is 2.28. The maximum atomic E-state index is 5.22. The number of nitrogens with zero attached hydrogens (tertiary/aromatic N) is 4. The van der Waals surface area contributed by atoms with Gasteiger partial charge in [-0.05, 0) is 73.5 Å². The van der Waals surface area contributed by atoms with E-state index < -0.39 is 42.0 Å². The highest BCUT2D eigenvalue weighted by molar-refractivity contribution is 6.98. The van der Waals surface area contributed by atoms with Gasteiger partial charge in [0.05, 0.1) is 0 Å². The van der Waals surface area contributed by atoms with Crippen LogP contribution >= 0.6 is 0 Å². The Hall–Kier alpha value is 0.764. The van der Waals surface area contributed by atoms with E-state index in [-0.39, 0.29) is 0 Å². The van der Waals surface area contributed by atoms with Crippen molar-refractivity contribution >= 4 is 42.0 Å². The molecule has 0 aromatic rings. The predicted molar refractivity (Wildman–Crippen MR) is 119 cm³/mol. The lowest BCUT2D eigenvalue weighted by Gasteiger charge is -2.56. The second kappa shape index (κ2) is 7.56. The third-order valence-corrected chi connectivity index (χ3v) is 30.0. The molecule has 0 N–H and O–H groups in total. The fourth-order valence-electron chi connectivity index (χ4n) is 3.23. The van der Waals surface area contributed by atoms with Gasteiger partial charge in [0, 0.05) is 0 Å². The molecule has 0 unspecified atom stereocenters. The van der Waals surface area contributed by atoms with Gasteiger partial charge in [-0.3, -0.25) is 0 Å². The smallest absolute Gasteiger partial charge is 0.232 e. The topological polar surface area (TPSA) is 22.1 Å². The lowest BCUT2D eigenvalue weighted by molar-refractivity contribution is 0.564. The van der Waals surface area contributed by atoms with Crippen LogP contribution < -0.4 is 0 Å². The minimum absolute atomic E-state index is 0.539. The van der Waals surface area contributed by atoms with Crippen LogP contribution in [0.4, 0.5) is 0 Å². The summed E-state index contributed by atoms with van der Waals surface area (Å²) in [4.78, 5) is 0. The summed E-state index contributed by atoms with van der Waals surface area (Å²) in [5.41, 5.74) is 0. The molecule has 0 radical (unpaired) electrons. The molecule has 0 saturated heterocycles. The van der Waals surface area contributed by atoms with Gasteiger partial charge in [-0.15, -0.1) is 0 Å². The van der Waals surface area contributed by atoms with Gasteiger partial charge in [-0.25, -0.2) is 0 Å². The molecule has 0 aromatic carbocycles. The Morgan fingerprint density at radius 3 is 1.26 bits per heavy atom. The monoisotopic (exact) mass is 406 g/mol. The Labute approximate surface area is 152 Å². The minimum atomic E-state index is -1.70. The molecule has 23 heavy (non-hydrogen) atoms. The molecule has 0 fully saturated rings. The van der Waals surface area contributed by atoms with Gasteiger partial charge in [0.1, 0.15) is 16.8 Å². The van der Waals surface area contributed by atoms with E-state index in [2.05, 4.69) is 106 Å². The van der Waals surface area contributed by atoms with E-state index >= 15 is 0 Å². The molecule has 4 nitrogen and oxygen atoms in total. The van der Waals surface area contributed by atoms with Crippen LogP contribution in [0.25, 0.3) is 0 Å². The van der Waals surface area contributed by atoms with Crippen LogP contribution in [0.2, 0.25) is 72.0 Å². The van der Waals surface area contributed by atoms with E-state index in [4.69, 9.17) is 4.30 Å². The molecule has 0 spiro atoms. The summed E-state index contributed by atoms with van der Waals surface area (Å²) >= 11 is 0. The fraction of sp³-hybridized carbons (Fsp3) is 1.00. The Bertz CT molecular complexity index is 439. The van der Waals surface area contributed by atoms with E-state index in [1.54, 1.807) is 0 Å². The van der Waals surface area contributed by atoms with Gasteiger partial charge < -0.3 is 17.0 Å². The van der Waals surface area contributed by atoms with Gasteiger partial charge in [0.15, 0.2) is 16.8 Å². The highest BCUT2D eigenvalue weighted by Gasteiger charge is 2.49. The third kappa shape index (κ3) is 5.63. The lowest BCUT2D eigenvalue weighted by Crippen LogP contribution is -2.77. The van der Waals surface area contributed by atoms with Gasteiger partial charge in [0.25, 0.3) is 0 Å². The summed E-state index contributed by atoms with van der Waals surface area (Å²) in [6.07, 6.45) is 0. The first-order valence-electron chi connectivity index (χ1n) is 8.63. The maximum absolute atomic E-state index is 5.22. The van der Waals surface area contributed by atoms with Crippen LogP contribution in [0.1, 0.15) is 0 Å². The maximum Gasteiger partial charge on any atom is 0.232 e. The Kier molecular flexibility index (Phi) is 7.81. The van der Waals surface area contributed by atoms with Crippen molar-refractivity contribution < 1.29 is 0 Å². The summed E-state index contributed by atoms with van der Waals surface area (Å²) < 4.78 is 13.5. The van der Waals surface area contributed by atoms with Crippen LogP contribution in [-0.4, -0.2) is 75.9 Å². The van der Waals surface area contributed by atoms with Gasteiger partial charge in [-0.2, -0.15) is 0 Å². The van der Waals surface area contributed by atoms with Crippen molar-refractivity contribution in [3.63, 3.8) is 0 Å². The zero-order chi connectivity index (χ0) is 19.0. The average Bonchev–Trinajstić information content (AvgIpc) is 2.33. The molecule has 9 heteroatoms. The first kappa shape index (κ1) is 23.8. The molecule has 0 bridgehead atoms. The number of rotatable bonds is 7. The Morgan fingerprint density at radius 2 is 0.957 bits per heavy atom. The average molecular weight is 407 g/mol. The van der Waals surface area contributed by atoms with Crippen molar-refractivity contribution in [3.05, 3.63) is 0 Å². The standard InChI is InChI=1S/C14H42N4Si5/c1-16(20(6,7)8)22(11,12)18(3)23(13,14)17(2)21(9,10)15-19(4)5/h1-14H3. The van der Waals surface area contributed by atoms with Crippen molar-refractivity contribution in [2.24, 2.45) is 4.30 Å². The molecule has 0 aliphatic carbocycles. The predicted octanol–water partition coefficient (Wildman–Crippen LogP) is 4.24. The minimum Gasteiger partial charge on any atom is -0.353 e. The summed E-state index contributed by atoms with van der Waals surface area (Å²) in [5, 5.41) is 0. The molecule has 0 atom stereocenters. The lowest BCUT2D eigenvalue weighted by atomic mass is 11.6. The van der Waals surface area contributed by atoms with E-state index in [9.17, 15) is 0 Å². The molecule has 0 aromatic heterocycles. The molecule has 0 rings (SSSR count). The van der Waals surface area contributed by atoms with Crippen molar-refractivity contribution in [1.82, 2.24) is 12.7 Å². The van der Waals surface area contributed by atoms with Crippen molar-refractivity contribution in [1.29, 1.82) is 0 Å². The summed E-state index contributed by atoms with van der Waals surface area (Å²) in [7, 11) is 0.262. The largest absolute Gasteiger partial charge is 0.353 e. The molecular weight excluding hydrogens is 365 g/mol. The van der Waals surface area contributed by atoms with Crippen molar-refractivity contribution in [2.45, 2.75) is 72.0 Å². The zero-order valence-electron chi connectivity index (χ0n) is 18.3. The van der Waals surface area contributed by atoms with E-state index in [0.717, 1.165) is 0 Å². The molecule has 0 aliphatic rings. The molecule has 0 heterocycles. The molecule has 0 aliphatic heterocycles. The quantitative estimate of drug-likeness (QED) is 0.590. The van der Waals surface area contributed by atoms with Crippen molar-refractivity contribution in [3.8, 4) is 0 Å². The third-order valence-electron chi connectivity index (χ3n) is 5.61. The van der Waals surface area contributed by atoms with E-state index in [1.165, 1.54) is 0 Å². The van der Waals surface area contributed by atoms with Crippen molar-refractivity contribution in [2.75, 3.05) is 21.1 Å². The highest BCUT2D eigenvalue weighted by atomic mass is 28.5. The first-order chi connectivity index (χ1) is 9.88. The number of hydrogen-bond donors (Lipinski definition) is 0. The first-order valence-corrected chi connectivity index (χ1v) is 23.2. The van der Waals surface area contributed by atoms with Gasteiger partial charge in [0.2, 0.25) is 8.40 Å². The van der Waals surface area contributed by atoms with Crippen LogP contribution in [-0.2, 0) is 0 Å². The van der Waals surface area contributed by atoms with E-state index in [1.807, 2.05) is 0 Å². The fourth-order valence-corrected chi connectivity index (χ4v) is 29.2. The molecule has 138 valence electrons. The summed E-state index contributed by atoms with van der Waals surface area (Å²) in [5.74, 6) is 0. The molecular formula is C14H42N4Si5. The van der Waals surface area contributed by atoms with E-state index in [0.29, 0.717) is 0 Å². The second-order valence-corrected chi connectivity index (χ2v) is 30.9. The van der Waals surface area contributed by atoms with Gasteiger partial charge >= 0.3 is 0 Å². The second-order valence-electron chi connectivity index (χ2n) is 9.39. The molecule has 0 amide bonds. The van der Waals surface area contributed by atoms with Crippen LogP contribution in [0, 0.1) is 0 Å². The summed E-state index contributed by atoms with van der Waals surface area (Å²) in [6, 6.07) is 0. The van der Waals surface area contributed by atoms with Gasteiger partial charge in [-0.1, -0.05) is 19.6 Å². The van der Waals surface area contributed by atoms with Crippen LogP contribution in [0.15, 0.2) is 4.30 Å². The molecule has 0 saturated carbocycles. The summed E-state index contributed by atoms with van der Waals surface area (Å²) in [6.45, 7) is 26.9. The SMILES string of the molecule is CN([Si](C)(C)C)[Si](C)(C)N(C)[Si](C)(C)N(C)[Si](C)(C)N=[Si](C)C. The van der Waals surface area contributed by atoms with Crippen LogP contribution in [0.3, 0.4) is 0 Å². The van der Waals surface area contributed by atoms with Crippen LogP contribution in [0.5, 0.6) is 0 Å². The number of hydrogen-bond acceptors (Lipinski definition) is 4. The Balaban J connectivity index is 5.70. The zero-order valence-corrected chi connectivity index (χ0v) is 23.3.